The number of hydrogen-bond donors (Lipinski definition) is 2. The average molecular weight is 442 g/mol. The van der Waals surface area contributed by atoms with Gasteiger partial charge in [0.2, 0.25) is 0 Å². The second kappa shape index (κ2) is 7.55. The van der Waals surface area contributed by atoms with Crippen LogP contribution in [0.4, 0.5) is 23.2 Å². The van der Waals surface area contributed by atoms with Crippen molar-refractivity contribution in [2.24, 2.45) is 0 Å². The van der Waals surface area contributed by atoms with E-state index < -0.39 is 41.3 Å². The lowest BCUT2D eigenvalue weighted by Gasteiger charge is -2.23. The van der Waals surface area contributed by atoms with Gasteiger partial charge in [-0.15, -0.1) is 0 Å². The van der Waals surface area contributed by atoms with E-state index in [1.165, 1.54) is 16.8 Å². The molecule has 2 aromatic heterocycles. The third kappa shape index (κ3) is 4.19. The number of nitrogens with one attached hydrogen (secondary N) is 1. The molecule has 0 bridgehead atoms. The maximum Gasteiger partial charge on any atom is 0.419 e. The number of amides is 1. The van der Waals surface area contributed by atoms with Gasteiger partial charge < -0.3 is 10.4 Å². The molecule has 0 unspecified atom stereocenters. The number of halogens is 5. The number of nitriles is 1. The van der Waals surface area contributed by atoms with E-state index in [4.69, 9.17) is 16.9 Å². The van der Waals surface area contributed by atoms with Crippen molar-refractivity contribution in [2.75, 3.05) is 5.32 Å². The van der Waals surface area contributed by atoms with Crippen molar-refractivity contribution in [1.29, 1.82) is 5.26 Å². The number of carbonyl (C=O) groups excluding carboxylic acids is 1. The van der Waals surface area contributed by atoms with Crippen molar-refractivity contribution >= 4 is 34.1 Å². The zero-order chi connectivity index (χ0) is 22.3. The second-order valence-corrected chi connectivity index (χ2v) is 6.93. The lowest BCUT2D eigenvalue weighted by atomic mass is 10.1. The van der Waals surface area contributed by atoms with Crippen LogP contribution in [-0.4, -0.2) is 31.4 Å². The van der Waals surface area contributed by atoms with Crippen molar-refractivity contribution in [3.8, 4) is 6.07 Å². The van der Waals surface area contributed by atoms with Crippen LogP contribution in [0.5, 0.6) is 0 Å². The molecule has 7 nitrogen and oxygen atoms in total. The standard InChI is InChI=1S/C18H12ClF4N5O2/c1-17(30,8-28-14-3-2-9(20)4-11(14)15(19)27-28)16(29)26-10-5-12(18(21,22)23)13(6-24)25-7-10/h2-5,7,30H,8H2,1H3,(H,26,29)/t17-/m0/s1. The van der Waals surface area contributed by atoms with Gasteiger partial charge in [-0.1, -0.05) is 11.6 Å². The van der Waals surface area contributed by atoms with E-state index in [0.717, 1.165) is 25.3 Å². The molecule has 2 N–H and O–H groups in total. The number of anilines is 1. The number of benzene rings is 1. The van der Waals surface area contributed by atoms with Crippen molar-refractivity contribution in [1.82, 2.24) is 14.8 Å². The molecule has 0 saturated carbocycles. The Morgan fingerprint density at radius 1 is 1.37 bits per heavy atom. The van der Waals surface area contributed by atoms with Crippen LogP contribution in [0.15, 0.2) is 30.5 Å². The Hall–Kier alpha value is -3.23. The first-order valence-corrected chi connectivity index (χ1v) is 8.63. The van der Waals surface area contributed by atoms with E-state index in [1.807, 2.05) is 0 Å². The van der Waals surface area contributed by atoms with Gasteiger partial charge in [-0.3, -0.25) is 9.48 Å². The smallest absolute Gasteiger partial charge is 0.378 e. The van der Waals surface area contributed by atoms with Crippen LogP contribution in [0.25, 0.3) is 10.9 Å². The minimum absolute atomic E-state index is 0.0492. The topological polar surface area (TPSA) is 104 Å². The Labute approximate surface area is 171 Å². The van der Waals surface area contributed by atoms with Crippen LogP contribution in [-0.2, 0) is 17.5 Å². The fourth-order valence-corrected chi connectivity index (χ4v) is 2.94. The fraction of sp³-hybridized carbons (Fsp3) is 0.222. The highest BCUT2D eigenvalue weighted by atomic mass is 35.5. The lowest BCUT2D eigenvalue weighted by Crippen LogP contribution is -2.44. The summed E-state index contributed by atoms with van der Waals surface area (Å²) in [5.74, 6) is -1.61. The van der Waals surface area contributed by atoms with Gasteiger partial charge in [-0.05, 0) is 31.2 Å². The number of rotatable bonds is 4. The molecule has 0 fully saturated rings. The number of aromatic nitrogens is 3. The largest absolute Gasteiger partial charge is 0.419 e. The maximum atomic E-state index is 13.4. The van der Waals surface area contributed by atoms with E-state index in [0.29, 0.717) is 11.6 Å². The number of hydrogen-bond acceptors (Lipinski definition) is 5. The molecule has 2 heterocycles. The van der Waals surface area contributed by atoms with E-state index in [1.54, 1.807) is 0 Å². The fourth-order valence-electron chi connectivity index (χ4n) is 2.70. The molecule has 1 aromatic carbocycles. The van der Waals surface area contributed by atoms with Crippen molar-refractivity contribution in [3.63, 3.8) is 0 Å². The average Bonchev–Trinajstić information content (AvgIpc) is 2.95. The molecule has 0 radical (unpaired) electrons. The highest BCUT2D eigenvalue weighted by molar-refractivity contribution is 6.34. The molecule has 1 atom stereocenters. The summed E-state index contributed by atoms with van der Waals surface area (Å²) in [6.07, 6.45) is -3.99. The van der Waals surface area contributed by atoms with Gasteiger partial charge in [-0.2, -0.15) is 23.5 Å². The summed E-state index contributed by atoms with van der Waals surface area (Å²) in [7, 11) is 0. The van der Waals surface area contributed by atoms with Gasteiger partial charge in [0, 0.05) is 5.39 Å². The van der Waals surface area contributed by atoms with Crippen molar-refractivity contribution in [3.05, 3.63) is 52.7 Å². The van der Waals surface area contributed by atoms with Gasteiger partial charge in [0.25, 0.3) is 5.91 Å². The van der Waals surface area contributed by atoms with E-state index in [-0.39, 0.29) is 16.2 Å². The summed E-state index contributed by atoms with van der Waals surface area (Å²) >= 11 is 5.95. The summed E-state index contributed by atoms with van der Waals surface area (Å²) in [5, 5.41) is 25.6. The predicted molar refractivity (Wildman–Crippen MR) is 97.9 cm³/mol. The molecule has 0 aliphatic carbocycles. The summed E-state index contributed by atoms with van der Waals surface area (Å²) in [6.45, 7) is 0.693. The van der Waals surface area contributed by atoms with Crippen molar-refractivity contribution < 1.29 is 27.5 Å². The summed E-state index contributed by atoms with van der Waals surface area (Å²) < 4.78 is 53.7. The molecular weight excluding hydrogens is 430 g/mol. The van der Waals surface area contributed by atoms with Gasteiger partial charge in [0.05, 0.1) is 29.5 Å². The summed E-state index contributed by atoms with van der Waals surface area (Å²) in [4.78, 5) is 15.9. The Morgan fingerprint density at radius 3 is 2.70 bits per heavy atom. The zero-order valence-electron chi connectivity index (χ0n) is 15.1. The Kier molecular flexibility index (Phi) is 5.40. The molecule has 3 aromatic rings. The summed E-state index contributed by atoms with van der Waals surface area (Å²) in [6, 6.07) is 5.51. The van der Waals surface area contributed by atoms with Crippen LogP contribution < -0.4 is 5.32 Å². The van der Waals surface area contributed by atoms with E-state index >= 15 is 0 Å². The quantitative estimate of drug-likeness (QED) is 0.603. The minimum atomic E-state index is -4.86. The van der Waals surface area contributed by atoms with E-state index in [9.17, 15) is 27.5 Å². The molecule has 0 spiro atoms. The third-order valence-electron chi connectivity index (χ3n) is 4.17. The predicted octanol–water partition coefficient (Wildman–Crippen LogP) is 3.50. The van der Waals surface area contributed by atoms with Crippen LogP contribution in [0.2, 0.25) is 5.15 Å². The SMILES string of the molecule is C[C@](O)(Cn1nc(Cl)c2cc(F)ccc21)C(=O)Nc1cnc(C#N)c(C(F)(F)F)c1. The normalized spacial score (nSPS) is 13.7. The highest BCUT2D eigenvalue weighted by Crippen LogP contribution is 2.33. The van der Waals surface area contributed by atoms with Crippen LogP contribution in [0.3, 0.4) is 0 Å². The monoisotopic (exact) mass is 441 g/mol. The molecule has 0 aliphatic heterocycles. The first kappa shape index (κ1) is 21.5. The Morgan fingerprint density at radius 2 is 2.07 bits per heavy atom. The van der Waals surface area contributed by atoms with E-state index in [2.05, 4.69) is 15.4 Å². The first-order chi connectivity index (χ1) is 13.9. The highest BCUT2D eigenvalue weighted by Gasteiger charge is 2.36. The van der Waals surface area contributed by atoms with Crippen LogP contribution in [0, 0.1) is 17.1 Å². The third-order valence-corrected chi connectivity index (χ3v) is 4.45. The van der Waals surface area contributed by atoms with Gasteiger partial charge in [0.1, 0.15) is 11.9 Å². The van der Waals surface area contributed by atoms with Crippen molar-refractivity contribution in [2.45, 2.75) is 25.2 Å². The molecule has 156 valence electrons. The molecule has 12 heteroatoms. The van der Waals surface area contributed by atoms with Gasteiger partial charge in [0.15, 0.2) is 16.4 Å². The number of fused-ring (bicyclic) bond motifs is 1. The van der Waals surface area contributed by atoms with Gasteiger partial charge >= 0.3 is 6.18 Å². The first-order valence-electron chi connectivity index (χ1n) is 8.25. The molecule has 30 heavy (non-hydrogen) atoms. The number of nitrogens with zero attached hydrogens (tertiary/aromatic N) is 4. The number of pyridine rings is 1. The summed E-state index contributed by atoms with van der Waals surface area (Å²) in [5.41, 5.74) is -4.33. The van der Waals surface area contributed by atoms with Crippen LogP contribution >= 0.6 is 11.6 Å². The number of alkyl halides is 3. The molecule has 0 aliphatic rings. The Balaban J connectivity index is 1.86. The lowest BCUT2D eigenvalue weighted by molar-refractivity contribution is -0.138. The van der Waals surface area contributed by atoms with Crippen LogP contribution in [0.1, 0.15) is 18.2 Å². The Bertz CT molecular complexity index is 1180. The minimum Gasteiger partial charge on any atom is -0.378 e. The number of aliphatic hydroxyl groups is 1. The molecule has 0 saturated heterocycles. The molecule has 3 rings (SSSR count). The second-order valence-electron chi connectivity index (χ2n) is 6.57. The number of carbonyl (C=O) groups is 1. The molecular formula is C18H12ClF4N5O2. The molecule has 1 amide bonds. The maximum absolute atomic E-state index is 13.4. The van der Waals surface area contributed by atoms with Gasteiger partial charge in [-0.25, -0.2) is 9.37 Å². The zero-order valence-corrected chi connectivity index (χ0v) is 15.9.